The number of fused-ring (bicyclic) bond motifs is 1. The molecule has 0 spiro atoms. The maximum atomic E-state index is 13.4. The van der Waals surface area contributed by atoms with E-state index in [1.165, 1.54) is 12.1 Å². The molecule has 3 aromatic carbocycles. The molecule has 0 radical (unpaired) electrons. The fraction of sp³-hybridized carbons (Fsp3) is 0.125. The Hall–Kier alpha value is -3.58. The lowest BCUT2D eigenvalue weighted by Crippen LogP contribution is -2.23. The van der Waals surface area contributed by atoms with E-state index in [1.54, 1.807) is 22.8 Å². The van der Waals surface area contributed by atoms with Crippen LogP contribution in [0.15, 0.2) is 70.6 Å². The lowest BCUT2D eigenvalue weighted by molar-refractivity contribution is 0.102. The smallest absolute Gasteiger partial charge is 0.266 e. The lowest BCUT2D eigenvalue weighted by Gasteiger charge is -2.16. The van der Waals surface area contributed by atoms with Gasteiger partial charge in [0.2, 0.25) is 0 Å². The number of para-hydroxylation sites is 1. The van der Waals surface area contributed by atoms with Crippen LogP contribution in [0.1, 0.15) is 21.5 Å². The Morgan fingerprint density at radius 3 is 2.58 bits per heavy atom. The number of aromatic nitrogens is 2. The Kier molecular flexibility index (Phi) is 5.52. The molecule has 1 heterocycles. The molecule has 1 aromatic heterocycles. The summed E-state index contributed by atoms with van der Waals surface area (Å²) in [5, 5.41) is 20.3. The predicted molar refractivity (Wildman–Crippen MR) is 122 cm³/mol. The number of benzene rings is 3. The monoisotopic (exact) mass is 432 g/mol. The first-order valence-electron chi connectivity index (χ1n) is 9.63. The van der Waals surface area contributed by atoms with Crippen molar-refractivity contribution >= 4 is 28.4 Å². The van der Waals surface area contributed by atoms with Gasteiger partial charge in [0.25, 0.3) is 5.56 Å². The van der Waals surface area contributed by atoms with Gasteiger partial charge in [0.1, 0.15) is 11.5 Å². The number of Topliss-reactive ketones (excluding diaryl/α,β-unsaturated/α-hetero) is 1. The van der Waals surface area contributed by atoms with Crippen LogP contribution in [-0.4, -0.2) is 31.3 Å². The number of nitrogens with zero attached hydrogens (tertiary/aromatic N) is 2. The van der Waals surface area contributed by atoms with E-state index in [4.69, 9.17) is 0 Å². The van der Waals surface area contributed by atoms with Crippen LogP contribution in [0, 0.1) is 13.8 Å². The van der Waals surface area contributed by atoms with E-state index < -0.39 is 0 Å². The molecular formula is C24H20N2O4S. The number of ketones is 1. The van der Waals surface area contributed by atoms with E-state index in [-0.39, 0.29) is 34.2 Å². The first-order valence-corrected chi connectivity index (χ1v) is 10.6. The van der Waals surface area contributed by atoms with Gasteiger partial charge in [-0.15, -0.1) is 0 Å². The van der Waals surface area contributed by atoms with Crippen LogP contribution in [0.25, 0.3) is 16.6 Å². The van der Waals surface area contributed by atoms with E-state index in [0.717, 1.165) is 29.0 Å². The summed E-state index contributed by atoms with van der Waals surface area (Å²) in [5.41, 5.74) is 3.15. The minimum Gasteiger partial charge on any atom is -0.508 e. The number of hydrogen-bond donors (Lipinski definition) is 2. The van der Waals surface area contributed by atoms with Crippen molar-refractivity contribution in [2.75, 3.05) is 5.75 Å². The van der Waals surface area contributed by atoms with Crippen LogP contribution >= 0.6 is 11.8 Å². The van der Waals surface area contributed by atoms with Crippen molar-refractivity contribution in [3.63, 3.8) is 0 Å². The van der Waals surface area contributed by atoms with E-state index in [1.807, 2.05) is 38.1 Å². The fourth-order valence-corrected chi connectivity index (χ4v) is 4.25. The Bertz CT molecular complexity index is 1380. The van der Waals surface area contributed by atoms with Gasteiger partial charge >= 0.3 is 0 Å². The number of aryl methyl sites for hydroxylation is 1. The van der Waals surface area contributed by atoms with Gasteiger partial charge in [-0.05, 0) is 55.3 Å². The number of thioether (sulfide) groups is 1. The van der Waals surface area contributed by atoms with Crippen LogP contribution in [-0.2, 0) is 0 Å². The van der Waals surface area contributed by atoms with Crippen molar-refractivity contribution in [3.8, 4) is 17.2 Å². The van der Waals surface area contributed by atoms with Gasteiger partial charge in [0.05, 0.1) is 27.9 Å². The summed E-state index contributed by atoms with van der Waals surface area (Å²) in [7, 11) is 0. The molecule has 7 heteroatoms. The minimum atomic E-state index is -0.336. The van der Waals surface area contributed by atoms with Gasteiger partial charge in [-0.3, -0.25) is 14.2 Å². The Morgan fingerprint density at radius 2 is 1.81 bits per heavy atom. The molecule has 4 rings (SSSR count). The largest absolute Gasteiger partial charge is 0.508 e. The van der Waals surface area contributed by atoms with Crippen molar-refractivity contribution in [2.24, 2.45) is 0 Å². The Labute approximate surface area is 182 Å². The van der Waals surface area contributed by atoms with Crippen LogP contribution in [0.3, 0.4) is 0 Å². The second-order valence-electron chi connectivity index (χ2n) is 7.18. The van der Waals surface area contributed by atoms with E-state index in [2.05, 4.69) is 4.98 Å². The molecule has 0 fully saturated rings. The highest BCUT2D eigenvalue weighted by molar-refractivity contribution is 7.99. The zero-order chi connectivity index (χ0) is 22.1. The van der Waals surface area contributed by atoms with Gasteiger partial charge in [0, 0.05) is 6.07 Å². The van der Waals surface area contributed by atoms with Crippen molar-refractivity contribution in [3.05, 3.63) is 87.7 Å². The average Bonchev–Trinajstić information content (AvgIpc) is 2.74. The first kappa shape index (κ1) is 20.7. The first-order chi connectivity index (χ1) is 14.9. The summed E-state index contributed by atoms with van der Waals surface area (Å²) in [6, 6.07) is 16.7. The molecule has 0 aliphatic carbocycles. The molecule has 0 aliphatic heterocycles. The minimum absolute atomic E-state index is 0.0338. The number of aromatic hydroxyl groups is 2. The van der Waals surface area contributed by atoms with Gasteiger partial charge in [-0.2, -0.15) is 0 Å². The fourth-order valence-electron chi connectivity index (χ4n) is 3.36. The SMILES string of the molecule is Cc1cccc(-n2c(SCC(=O)c3ccc(O)cc3O)nc3ccccc3c2=O)c1C. The van der Waals surface area contributed by atoms with Crippen LogP contribution < -0.4 is 5.56 Å². The summed E-state index contributed by atoms with van der Waals surface area (Å²) in [4.78, 5) is 30.7. The molecule has 31 heavy (non-hydrogen) atoms. The molecular weight excluding hydrogens is 412 g/mol. The summed E-state index contributed by atoms with van der Waals surface area (Å²) >= 11 is 1.13. The van der Waals surface area contributed by atoms with Crippen molar-refractivity contribution in [1.82, 2.24) is 9.55 Å². The third-order valence-electron chi connectivity index (χ3n) is 5.18. The van der Waals surface area contributed by atoms with E-state index >= 15 is 0 Å². The highest BCUT2D eigenvalue weighted by Gasteiger charge is 2.18. The summed E-state index contributed by atoms with van der Waals surface area (Å²) in [6.45, 7) is 3.92. The molecule has 6 nitrogen and oxygen atoms in total. The molecule has 0 aliphatic rings. The third-order valence-corrected chi connectivity index (χ3v) is 6.11. The molecule has 0 amide bonds. The second kappa shape index (κ2) is 8.28. The Morgan fingerprint density at radius 1 is 1.03 bits per heavy atom. The van der Waals surface area contributed by atoms with E-state index in [9.17, 15) is 19.8 Å². The third kappa shape index (κ3) is 3.92. The normalized spacial score (nSPS) is 11.0. The van der Waals surface area contributed by atoms with Crippen LogP contribution in [0.2, 0.25) is 0 Å². The molecule has 0 saturated carbocycles. The molecule has 2 N–H and O–H groups in total. The van der Waals surface area contributed by atoms with Crippen LogP contribution in [0.4, 0.5) is 0 Å². The second-order valence-corrected chi connectivity index (χ2v) is 8.13. The number of phenols is 2. The van der Waals surface area contributed by atoms with Crippen LogP contribution in [0.5, 0.6) is 11.5 Å². The molecule has 0 atom stereocenters. The molecule has 156 valence electrons. The number of phenolic OH excluding ortho intramolecular Hbond substituents is 2. The zero-order valence-electron chi connectivity index (χ0n) is 17.0. The lowest BCUT2D eigenvalue weighted by atomic mass is 10.1. The van der Waals surface area contributed by atoms with Crippen molar-refractivity contribution in [1.29, 1.82) is 0 Å². The standard InChI is InChI=1S/C24H20N2O4S/c1-14-6-5-9-20(15(14)2)26-23(30)17-7-3-4-8-19(17)25-24(26)31-13-22(29)18-11-10-16(27)12-21(18)28/h3-12,27-28H,13H2,1-2H3. The topological polar surface area (TPSA) is 92.4 Å². The van der Waals surface area contributed by atoms with Crippen molar-refractivity contribution in [2.45, 2.75) is 19.0 Å². The molecule has 0 saturated heterocycles. The number of carbonyl (C=O) groups is 1. The maximum absolute atomic E-state index is 13.4. The summed E-state index contributed by atoms with van der Waals surface area (Å²) < 4.78 is 1.54. The maximum Gasteiger partial charge on any atom is 0.266 e. The summed E-state index contributed by atoms with van der Waals surface area (Å²) in [5.74, 6) is -0.781. The highest BCUT2D eigenvalue weighted by atomic mass is 32.2. The highest BCUT2D eigenvalue weighted by Crippen LogP contribution is 2.27. The van der Waals surface area contributed by atoms with Gasteiger partial charge < -0.3 is 10.2 Å². The average molecular weight is 433 g/mol. The van der Waals surface area contributed by atoms with Gasteiger partial charge in [-0.1, -0.05) is 36.0 Å². The zero-order valence-corrected chi connectivity index (χ0v) is 17.8. The van der Waals surface area contributed by atoms with Gasteiger partial charge in [-0.25, -0.2) is 4.98 Å². The Balaban J connectivity index is 1.80. The van der Waals surface area contributed by atoms with Crippen molar-refractivity contribution < 1.29 is 15.0 Å². The quantitative estimate of drug-likeness (QED) is 0.276. The van der Waals surface area contributed by atoms with Gasteiger partial charge in [0.15, 0.2) is 10.9 Å². The molecule has 0 unspecified atom stereocenters. The number of hydrogen-bond acceptors (Lipinski definition) is 6. The van der Waals surface area contributed by atoms with E-state index in [0.29, 0.717) is 21.7 Å². The predicted octanol–water partition coefficient (Wildman–Crippen LogP) is 4.39. The molecule has 0 bridgehead atoms. The number of rotatable bonds is 5. The molecule has 4 aromatic rings. The number of carbonyl (C=O) groups excluding carboxylic acids is 1. The summed E-state index contributed by atoms with van der Waals surface area (Å²) in [6.07, 6.45) is 0.